The molecule has 166 valence electrons. The van der Waals surface area contributed by atoms with Gasteiger partial charge in [-0.05, 0) is 49.2 Å². The first-order chi connectivity index (χ1) is 15.4. The average Bonchev–Trinajstić information content (AvgIpc) is 3.29. The van der Waals surface area contributed by atoms with Gasteiger partial charge in [0.2, 0.25) is 5.91 Å². The minimum absolute atomic E-state index is 0.0619. The Kier molecular flexibility index (Phi) is 8.21. The van der Waals surface area contributed by atoms with E-state index in [0.29, 0.717) is 16.3 Å². The molecule has 0 spiro atoms. The number of benzene rings is 1. The van der Waals surface area contributed by atoms with Crippen LogP contribution in [0.4, 0.5) is 10.8 Å². The quantitative estimate of drug-likeness (QED) is 0.409. The molecular formula is C21H21N5O3S3. The van der Waals surface area contributed by atoms with E-state index in [0.717, 1.165) is 25.0 Å². The second-order valence-electron chi connectivity index (χ2n) is 6.67. The van der Waals surface area contributed by atoms with E-state index in [2.05, 4.69) is 33.0 Å². The SMILES string of the molecule is CCCCc1ccc(C#N)c(SCC(=O)Nc2ccc(S(=O)(=O)Nc3nccs3)cc2)n1. The minimum Gasteiger partial charge on any atom is -0.325 e. The molecule has 0 bridgehead atoms. The molecule has 0 saturated heterocycles. The van der Waals surface area contributed by atoms with Gasteiger partial charge in [0, 0.05) is 23.0 Å². The molecule has 2 heterocycles. The van der Waals surface area contributed by atoms with Crippen molar-refractivity contribution in [3.8, 4) is 6.07 Å². The number of unbranched alkanes of at least 4 members (excludes halogenated alkanes) is 1. The van der Waals surface area contributed by atoms with Crippen LogP contribution in [0.2, 0.25) is 0 Å². The highest BCUT2D eigenvalue weighted by atomic mass is 32.2. The number of rotatable bonds is 10. The van der Waals surface area contributed by atoms with Crippen LogP contribution < -0.4 is 10.0 Å². The maximum Gasteiger partial charge on any atom is 0.263 e. The van der Waals surface area contributed by atoms with Gasteiger partial charge in [0.1, 0.15) is 11.1 Å². The van der Waals surface area contributed by atoms with Gasteiger partial charge in [0.05, 0.1) is 16.2 Å². The molecule has 0 aliphatic carbocycles. The lowest BCUT2D eigenvalue weighted by molar-refractivity contribution is -0.113. The van der Waals surface area contributed by atoms with Gasteiger partial charge in [-0.2, -0.15) is 5.26 Å². The van der Waals surface area contributed by atoms with Gasteiger partial charge < -0.3 is 5.32 Å². The number of thiazole rings is 1. The fourth-order valence-electron chi connectivity index (χ4n) is 2.67. The fraction of sp³-hybridized carbons (Fsp3) is 0.238. The number of amides is 1. The number of sulfonamides is 1. The van der Waals surface area contributed by atoms with Crippen molar-refractivity contribution < 1.29 is 13.2 Å². The zero-order chi connectivity index (χ0) is 23.0. The van der Waals surface area contributed by atoms with Gasteiger partial charge in [-0.15, -0.1) is 11.3 Å². The van der Waals surface area contributed by atoms with Crippen molar-refractivity contribution in [2.24, 2.45) is 0 Å². The van der Waals surface area contributed by atoms with E-state index in [1.165, 1.54) is 53.6 Å². The Balaban J connectivity index is 1.59. The Morgan fingerprint density at radius 2 is 2.00 bits per heavy atom. The highest BCUT2D eigenvalue weighted by Crippen LogP contribution is 2.23. The van der Waals surface area contributed by atoms with Crippen LogP contribution in [0, 0.1) is 11.3 Å². The molecule has 0 fully saturated rings. The predicted octanol–water partition coefficient (Wildman–Crippen LogP) is 4.28. The van der Waals surface area contributed by atoms with Gasteiger partial charge in [-0.3, -0.25) is 9.52 Å². The molecule has 0 saturated carbocycles. The van der Waals surface area contributed by atoms with Crippen LogP contribution in [-0.2, 0) is 21.2 Å². The third kappa shape index (κ3) is 6.53. The predicted molar refractivity (Wildman–Crippen MR) is 126 cm³/mol. The lowest BCUT2D eigenvalue weighted by Gasteiger charge is -2.09. The number of nitrogens with zero attached hydrogens (tertiary/aromatic N) is 3. The third-order valence-electron chi connectivity index (χ3n) is 4.27. The highest BCUT2D eigenvalue weighted by Gasteiger charge is 2.16. The number of hydrogen-bond donors (Lipinski definition) is 2. The van der Waals surface area contributed by atoms with Crippen molar-refractivity contribution in [3.05, 3.63) is 59.2 Å². The number of anilines is 2. The number of thioether (sulfide) groups is 1. The summed E-state index contributed by atoms with van der Waals surface area (Å²) in [6.07, 6.45) is 4.40. The van der Waals surface area contributed by atoms with E-state index >= 15 is 0 Å². The van der Waals surface area contributed by atoms with Crippen LogP contribution in [0.5, 0.6) is 0 Å². The molecule has 0 atom stereocenters. The van der Waals surface area contributed by atoms with Crippen molar-refractivity contribution in [1.29, 1.82) is 5.26 Å². The first kappa shape index (κ1) is 23.7. The van der Waals surface area contributed by atoms with Crippen molar-refractivity contribution in [2.45, 2.75) is 36.1 Å². The van der Waals surface area contributed by atoms with Crippen LogP contribution >= 0.6 is 23.1 Å². The summed E-state index contributed by atoms with van der Waals surface area (Å²) in [5.41, 5.74) is 1.80. The van der Waals surface area contributed by atoms with Gasteiger partial charge >= 0.3 is 0 Å². The largest absolute Gasteiger partial charge is 0.325 e. The lowest BCUT2D eigenvalue weighted by atomic mass is 10.2. The molecule has 0 unspecified atom stereocenters. The molecule has 11 heteroatoms. The fourth-order valence-corrected chi connectivity index (χ4v) is 5.25. The molecule has 2 N–H and O–H groups in total. The van der Waals surface area contributed by atoms with Crippen LogP contribution in [0.3, 0.4) is 0 Å². The Morgan fingerprint density at radius 3 is 2.66 bits per heavy atom. The average molecular weight is 488 g/mol. The van der Waals surface area contributed by atoms with Crippen LogP contribution in [-0.4, -0.2) is 30.0 Å². The third-order valence-corrected chi connectivity index (χ3v) is 7.43. The molecule has 1 amide bonds. The van der Waals surface area contributed by atoms with Crippen LogP contribution in [0.15, 0.2) is 57.9 Å². The first-order valence-electron chi connectivity index (χ1n) is 9.76. The number of pyridine rings is 1. The first-order valence-corrected chi connectivity index (χ1v) is 13.1. The van der Waals surface area contributed by atoms with E-state index in [4.69, 9.17) is 0 Å². The monoisotopic (exact) mass is 487 g/mol. The van der Waals surface area contributed by atoms with Crippen molar-refractivity contribution in [2.75, 3.05) is 15.8 Å². The van der Waals surface area contributed by atoms with Crippen molar-refractivity contribution in [3.63, 3.8) is 0 Å². The van der Waals surface area contributed by atoms with E-state index in [-0.39, 0.29) is 21.7 Å². The minimum atomic E-state index is -3.75. The summed E-state index contributed by atoms with van der Waals surface area (Å²) in [7, 11) is -3.75. The van der Waals surface area contributed by atoms with Crippen molar-refractivity contribution in [1.82, 2.24) is 9.97 Å². The lowest BCUT2D eigenvalue weighted by Crippen LogP contribution is -2.15. The molecule has 3 aromatic rings. The summed E-state index contributed by atoms with van der Waals surface area (Å²) in [4.78, 5) is 20.8. The standard InChI is InChI=1S/C21H21N5O3S3/c1-2-3-4-16-6-5-15(13-22)20(25-16)31-14-19(27)24-17-7-9-18(10-8-17)32(28,29)26-21-23-11-12-30-21/h5-12H,2-4,14H2,1H3,(H,23,26)(H,24,27). The summed E-state index contributed by atoms with van der Waals surface area (Å²) in [5.74, 6) is -0.207. The maximum absolute atomic E-state index is 12.4. The number of nitriles is 1. The molecule has 0 aliphatic heterocycles. The van der Waals surface area contributed by atoms with E-state index in [9.17, 15) is 18.5 Å². The number of hydrogen-bond acceptors (Lipinski definition) is 8. The Hall–Kier alpha value is -2.94. The maximum atomic E-state index is 12.4. The zero-order valence-electron chi connectivity index (χ0n) is 17.2. The zero-order valence-corrected chi connectivity index (χ0v) is 19.7. The van der Waals surface area contributed by atoms with Gasteiger partial charge in [-0.1, -0.05) is 25.1 Å². The number of carbonyl (C=O) groups excluding carboxylic acids is 1. The second-order valence-corrected chi connectivity index (χ2v) is 10.2. The van der Waals surface area contributed by atoms with Crippen LogP contribution in [0.25, 0.3) is 0 Å². The number of aryl methyl sites for hydroxylation is 1. The molecule has 2 aromatic heterocycles. The summed E-state index contributed by atoms with van der Waals surface area (Å²) >= 11 is 2.38. The van der Waals surface area contributed by atoms with E-state index in [1.807, 2.05) is 6.07 Å². The molecular weight excluding hydrogens is 466 g/mol. The summed E-state index contributed by atoms with van der Waals surface area (Å²) in [6.45, 7) is 2.10. The van der Waals surface area contributed by atoms with Gasteiger partial charge in [-0.25, -0.2) is 18.4 Å². The summed E-state index contributed by atoms with van der Waals surface area (Å²) in [5, 5.41) is 14.5. The van der Waals surface area contributed by atoms with Gasteiger partial charge in [0.25, 0.3) is 10.0 Å². The second kappa shape index (κ2) is 11.1. The highest BCUT2D eigenvalue weighted by molar-refractivity contribution is 8.00. The Morgan fingerprint density at radius 1 is 1.22 bits per heavy atom. The number of nitrogens with one attached hydrogen (secondary N) is 2. The number of aromatic nitrogens is 2. The molecule has 1 aromatic carbocycles. The Bertz CT molecular complexity index is 1200. The molecule has 3 rings (SSSR count). The molecule has 8 nitrogen and oxygen atoms in total. The van der Waals surface area contributed by atoms with Gasteiger partial charge in [0.15, 0.2) is 5.13 Å². The summed E-state index contributed by atoms with van der Waals surface area (Å²) in [6, 6.07) is 11.5. The molecule has 0 aliphatic rings. The van der Waals surface area contributed by atoms with E-state index < -0.39 is 10.0 Å². The van der Waals surface area contributed by atoms with E-state index in [1.54, 1.807) is 11.4 Å². The normalized spacial score (nSPS) is 11.0. The van der Waals surface area contributed by atoms with Crippen molar-refractivity contribution >= 4 is 49.8 Å². The smallest absolute Gasteiger partial charge is 0.263 e. The summed E-state index contributed by atoms with van der Waals surface area (Å²) < 4.78 is 27.2. The van der Waals surface area contributed by atoms with Crippen LogP contribution in [0.1, 0.15) is 31.0 Å². The molecule has 0 radical (unpaired) electrons. The number of carbonyl (C=O) groups is 1. The molecule has 32 heavy (non-hydrogen) atoms. The topological polar surface area (TPSA) is 125 Å². The Labute approximate surface area is 195 Å².